The van der Waals surface area contributed by atoms with Crippen LogP contribution in [0.5, 0.6) is 5.75 Å². The fourth-order valence-corrected chi connectivity index (χ4v) is 0.845. The van der Waals surface area contributed by atoms with Crippen molar-refractivity contribution >= 4 is 6.29 Å². The maximum absolute atomic E-state index is 12.9. The van der Waals surface area contributed by atoms with Crippen LogP contribution in [0, 0.1) is 12.7 Å². The van der Waals surface area contributed by atoms with Gasteiger partial charge < -0.3 is 4.74 Å². The number of rotatable bonds is 3. The SMILES string of the molecule is Cc1ccc(F)c(OCC=O)c1. The van der Waals surface area contributed by atoms with Gasteiger partial charge in [-0.2, -0.15) is 0 Å². The van der Waals surface area contributed by atoms with E-state index < -0.39 is 5.82 Å². The first-order valence-electron chi connectivity index (χ1n) is 3.56. The summed E-state index contributed by atoms with van der Waals surface area (Å²) in [6.07, 6.45) is 0.585. The third-order valence-electron chi connectivity index (χ3n) is 1.39. The zero-order valence-electron chi connectivity index (χ0n) is 6.71. The standard InChI is InChI=1S/C9H9FO2/c1-7-2-3-8(10)9(6-7)12-5-4-11/h2-4,6H,5H2,1H3. The maximum atomic E-state index is 12.9. The number of aryl methyl sites for hydroxylation is 1. The first kappa shape index (κ1) is 8.71. The van der Waals surface area contributed by atoms with Crippen LogP contribution in [0.3, 0.4) is 0 Å². The van der Waals surface area contributed by atoms with Gasteiger partial charge in [-0.3, -0.25) is 4.79 Å². The summed E-state index contributed by atoms with van der Waals surface area (Å²) in [6, 6.07) is 4.51. The lowest BCUT2D eigenvalue weighted by atomic mass is 10.2. The fourth-order valence-electron chi connectivity index (χ4n) is 0.845. The second-order valence-electron chi connectivity index (χ2n) is 2.41. The van der Waals surface area contributed by atoms with Crippen molar-refractivity contribution in [2.75, 3.05) is 6.61 Å². The molecule has 1 rings (SSSR count). The number of ether oxygens (including phenoxy) is 1. The van der Waals surface area contributed by atoms with Crippen LogP contribution in [-0.2, 0) is 4.79 Å². The summed E-state index contributed by atoms with van der Waals surface area (Å²) >= 11 is 0. The summed E-state index contributed by atoms with van der Waals surface area (Å²) in [5.41, 5.74) is 0.900. The topological polar surface area (TPSA) is 26.3 Å². The van der Waals surface area contributed by atoms with Crippen molar-refractivity contribution in [3.8, 4) is 5.75 Å². The molecule has 1 aromatic rings. The van der Waals surface area contributed by atoms with Gasteiger partial charge in [-0.1, -0.05) is 6.07 Å². The minimum absolute atomic E-state index is 0.111. The van der Waals surface area contributed by atoms with Gasteiger partial charge in [0.15, 0.2) is 17.9 Å². The summed E-state index contributed by atoms with van der Waals surface area (Å²) in [5, 5.41) is 0. The highest BCUT2D eigenvalue weighted by molar-refractivity contribution is 5.51. The molecular formula is C9H9FO2. The van der Waals surface area contributed by atoms with Crippen LogP contribution in [-0.4, -0.2) is 12.9 Å². The molecule has 0 aliphatic carbocycles. The molecule has 0 spiro atoms. The summed E-state index contributed by atoms with van der Waals surface area (Å²) in [5.74, 6) is -0.315. The Hall–Kier alpha value is -1.38. The Morgan fingerprint density at radius 2 is 2.33 bits per heavy atom. The molecule has 64 valence electrons. The predicted molar refractivity (Wildman–Crippen MR) is 42.7 cm³/mol. The lowest BCUT2D eigenvalue weighted by Crippen LogP contribution is -1.99. The van der Waals surface area contributed by atoms with Gasteiger partial charge in [0, 0.05) is 0 Å². The molecule has 0 bridgehead atoms. The molecule has 0 saturated carbocycles. The zero-order valence-corrected chi connectivity index (χ0v) is 6.71. The van der Waals surface area contributed by atoms with Gasteiger partial charge in [0.05, 0.1) is 0 Å². The summed E-state index contributed by atoms with van der Waals surface area (Å²) in [6.45, 7) is 1.72. The quantitative estimate of drug-likeness (QED) is 0.642. The van der Waals surface area contributed by atoms with Gasteiger partial charge in [-0.05, 0) is 24.6 Å². The minimum atomic E-state index is -0.442. The van der Waals surface area contributed by atoms with E-state index >= 15 is 0 Å². The highest BCUT2D eigenvalue weighted by Gasteiger charge is 2.01. The summed E-state index contributed by atoms with van der Waals surface area (Å²) in [4.78, 5) is 9.93. The second kappa shape index (κ2) is 3.85. The molecular weight excluding hydrogens is 159 g/mol. The van der Waals surface area contributed by atoms with E-state index in [4.69, 9.17) is 4.74 Å². The van der Waals surface area contributed by atoms with Crippen molar-refractivity contribution in [1.29, 1.82) is 0 Å². The van der Waals surface area contributed by atoms with E-state index in [0.717, 1.165) is 5.56 Å². The van der Waals surface area contributed by atoms with Gasteiger partial charge in [-0.15, -0.1) is 0 Å². The molecule has 2 nitrogen and oxygen atoms in total. The van der Waals surface area contributed by atoms with Gasteiger partial charge >= 0.3 is 0 Å². The number of carbonyl (C=O) groups excluding carboxylic acids is 1. The van der Waals surface area contributed by atoms with E-state index in [0.29, 0.717) is 6.29 Å². The molecule has 1 aromatic carbocycles. The van der Waals surface area contributed by atoms with Gasteiger partial charge in [0.25, 0.3) is 0 Å². The molecule has 12 heavy (non-hydrogen) atoms. The molecule has 0 aliphatic rings. The van der Waals surface area contributed by atoms with E-state index in [1.807, 2.05) is 6.92 Å². The Balaban J connectivity index is 2.82. The number of hydrogen-bond acceptors (Lipinski definition) is 2. The average Bonchev–Trinajstić information content (AvgIpc) is 2.07. The van der Waals surface area contributed by atoms with Crippen LogP contribution in [0.4, 0.5) is 4.39 Å². The van der Waals surface area contributed by atoms with Crippen molar-refractivity contribution in [1.82, 2.24) is 0 Å². The molecule has 0 amide bonds. The second-order valence-corrected chi connectivity index (χ2v) is 2.41. The van der Waals surface area contributed by atoms with Crippen LogP contribution in [0.2, 0.25) is 0 Å². The molecule has 0 aliphatic heterocycles. The lowest BCUT2D eigenvalue weighted by Gasteiger charge is -2.03. The molecule has 0 unspecified atom stereocenters. The van der Waals surface area contributed by atoms with E-state index in [1.54, 1.807) is 12.1 Å². The number of halogens is 1. The molecule has 0 aromatic heterocycles. The van der Waals surface area contributed by atoms with Gasteiger partial charge in [0.1, 0.15) is 6.61 Å². The van der Waals surface area contributed by atoms with Gasteiger partial charge in [-0.25, -0.2) is 4.39 Å². The van der Waals surface area contributed by atoms with Gasteiger partial charge in [0.2, 0.25) is 0 Å². The van der Waals surface area contributed by atoms with Crippen LogP contribution in [0.1, 0.15) is 5.56 Å². The van der Waals surface area contributed by atoms with Crippen LogP contribution < -0.4 is 4.74 Å². The lowest BCUT2D eigenvalue weighted by molar-refractivity contribution is -0.109. The Morgan fingerprint density at radius 3 is 3.00 bits per heavy atom. The number of aldehydes is 1. The van der Waals surface area contributed by atoms with E-state index in [9.17, 15) is 9.18 Å². The smallest absolute Gasteiger partial charge is 0.165 e. The van der Waals surface area contributed by atoms with Crippen LogP contribution >= 0.6 is 0 Å². The molecule has 0 atom stereocenters. The first-order chi connectivity index (χ1) is 5.74. The predicted octanol–water partition coefficient (Wildman–Crippen LogP) is 1.71. The molecule has 0 heterocycles. The third kappa shape index (κ3) is 2.05. The maximum Gasteiger partial charge on any atom is 0.165 e. The third-order valence-corrected chi connectivity index (χ3v) is 1.39. The molecule has 3 heteroatoms. The minimum Gasteiger partial charge on any atom is -0.483 e. The van der Waals surface area contributed by atoms with E-state index in [2.05, 4.69) is 0 Å². The Morgan fingerprint density at radius 1 is 1.58 bits per heavy atom. The van der Waals surface area contributed by atoms with Crippen molar-refractivity contribution in [3.63, 3.8) is 0 Å². The largest absolute Gasteiger partial charge is 0.483 e. The number of benzene rings is 1. The number of hydrogen-bond donors (Lipinski definition) is 0. The first-order valence-corrected chi connectivity index (χ1v) is 3.56. The van der Waals surface area contributed by atoms with Crippen molar-refractivity contribution in [2.24, 2.45) is 0 Å². The molecule has 0 fully saturated rings. The zero-order chi connectivity index (χ0) is 8.97. The van der Waals surface area contributed by atoms with Crippen LogP contribution in [0.25, 0.3) is 0 Å². The Kier molecular flexibility index (Phi) is 2.80. The normalized spacial score (nSPS) is 9.50. The summed E-state index contributed by atoms with van der Waals surface area (Å²) in [7, 11) is 0. The average molecular weight is 168 g/mol. The monoisotopic (exact) mass is 168 g/mol. The highest BCUT2D eigenvalue weighted by atomic mass is 19.1. The van der Waals surface area contributed by atoms with Crippen LogP contribution in [0.15, 0.2) is 18.2 Å². The Bertz CT molecular complexity index is 284. The van der Waals surface area contributed by atoms with E-state index in [1.165, 1.54) is 6.07 Å². The number of carbonyl (C=O) groups is 1. The fraction of sp³-hybridized carbons (Fsp3) is 0.222. The highest BCUT2D eigenvalue weighted by Crippen LogP contribution is 2.17. The van der Waals surface area contributed by atoms with Crippen molar-refractivity contribution < 1.29 is 13.9 Å². The van der Waals surface area contributed by atoms with Crippen molar-refractivity contribution in [3.05, 3.63) is 29.6 Å². The van der Waals surface area contributed by atoms with E-state index in [-0.39, 0.29) is 12.4 Å². The summed E-state index contributed by atoms with van der Waals surface area (Å²) < 4.78 is 17.7. The molecule has 0 saturated heterocycles. The van der Waals surface area contributed by atoms with Crippen molar-refractivity contribution in [2.45, 2.75) is 6.92 Å². The Labute approximate surface area is 70.0 Å². The molecule has 0 radical (unpaired) electrons. The molecule has 0 N–H and O–H groups in total.